The Morgan fingerprint density at radius 2 is 1.50 bits per heavy atom. The number of fused-ring (bicyclic) bond motifs is 3. The molecule has 1 aliphatic rings. The Bertz CT molecular complexity index is 2050. The molecule has 0 atom stereocenters. The number of anilines is 1. The second-order valence-corrected chi connectivity index (χ2v) is 11.3. The fourth-order valence-corrected chi connectivity index (χ4v) is 6.66. The molecular weight excluding hydrogens is 536 g/mol. The van der Waals surface area contributed by atoms with Gasteiger partial charge in [0.1, 0.15) is 5.82 Å². The van der Waals surface area contributed by atoms with Crippen molar-refractivity contribution in [1.82, 2.24) is 9.55 Å². The molecule has 1 aliphatic carbocycles. The maximum absolute atomic E-state index is 7.01. The summed E-state index contributed by atoms with van der Waals surface area (Å²) >= 11 is 0. The van der Waals surface area contributed by atoms with Gasteiger partial charge in [0, 0.05) is 34.1 Å². The van der Waals surface area contributed by atoms with E-state index in [0.717, 1.165) is 65.0 Å². The first-order valence-electron chi connectivity index (χ1n) is 15.4. The molecule has 4 nitrogen and oxygen atoms in total. The van der Waals surface area contributed by atoms with Gasteiger partial charge in [-0.05, 0) is 72.2 Å². The molecule has 6 aromatic rings. The molecule has 0 amide bonds. The van der Waals surface area contributed by atoms with Gasteiger partial charge in [0.2, 0.25) is 0 Å². The SMILES string of the molecule is NC/C=C\C=C(C1=C(c2c(N)ccc3c4ccccc4n(-c4cccc(-c5ccccc5)n4)c23)CCCC1)c1ccccc1. The minimum absolute atomic E-state index is 0.506. The van der Waals surface area contributed by atoms with E-state index in [1.54, 1.807) is 0 Å². The van der Waals surface area contributed by atoms with E-state index in [1.807, 2.05) is 12.1 Å². The molecule has 44 heavy (non-hydrogen) atoms. The first-order chi connectivity index (χ1) is 21.7. The molecule has 2 aromatic heterocycles. The molecule has 7 rings (SSSR count). The van der Waals surface area contributed by atoms with Gasteiger partial charge in [-0.2, -0.15) is 0 Å². The van der Waals surface area contributed by atoms with Crippen molar-refractivity contribution in [3.05, 3.63) is 150 Å². The fraction of sp³-hybridized carbons (Fsp3) is 0.125. The van der Waals surface area contributed by atoms with Crippen molar-refractivity contribution in [2.45, 2.75) is 25.7 Å². The van der Waals surface area contributed by atoms with E-state index in [2.05, 4.69) is 126 Å². The molecular formula is C40H36N4. The number of rotatable bonds is 7. The molecule has 0 fully saturated rings. The van der Waals surface area contributed by atoms with Gasteiger partial charge >= 0.3 is 0 Å². The molecule has 0 spiro atoms. The number of aromatic nitrogens is 2. The molecule has 216 valence electrons. The Morgan fingerprint density at radius 3 is 2.32 bits per heavy atom. The average Bonchev–Trinajstić information content (AvgIpc) is 3.42. The number of hydrogen-bond donors (Lipinski definition) is 2. The third-order valence-electron chi connectivity index (χ3n) is 8.62. The number of nitrogens with two attached hydrogens (primary N) is 2. The Morgan fingerprint density at radius 1 is 0.750 bits per heavy atom. The van der Waals surface area contributed by atoms with Gasteiger partial charge in [-0.3, -0.25) is 4.57 Å². The molecule has 0 bridgehead atoms. The van der Waals surface area contributed by atoms with Crippen molar-refractivity contribution in [3.8, 4) is 17.1 Å². The molecule has 0 unspecified atom stereocenters. The van der Waals surface area contributed by atoms with E-state index in [1.165, 1.54) is 33.1 Å². The Hall–Kier alpha value is -5.19. The fourth-order valence-electron chi connectivity index (χ4n) is 6.66. The Labute approximate surface area is 258 Å². The lowest BCUT2D eigenvalue weighted by molar-refractivity contribution is 0.727. The van der Waals surface area contributed by atoms with Gasteiger partial charge in [0.25, 0.3) is 0 Å². The minimum Gasteiger partial charge on any atom is -0.398 e. The van der Waals surface area contributed by atoms with E-state index >= 15 is 0 Å². The van der Waals surface area contributed by atoms with Gasteiger partial charge < -0.3 is 11.5 Å². The monoisotopic (exact) mass is 572 g/mol. The topological polar surface area (TPSA) is 69.9 Å². The van der Waals surface area contributed by atoms with Gasteiger partial charge in [0.15, 0.2) is 0 Å². The summed E-state index contributed by atoms with van der Waals surface area (Å²) < 4.78 is 2.32. The van der Waals surface area contributed by atoms with Crippen LogP contribution >= 0.6 is 0 Å². The second-order valence-electron chi connectivity index (χ2n) is 11.3. The summed E-state index contributed by atoms with van der Waals surface area (Å²) in [6.45, 7) is 0.506. The predicted molar refractivity (Wildman–Crippen MR) is 186 cm³/mol. The maximum atomic E-state index is 7.01. The molecule has 4 aromatic carbocycles. The van der Waals surface area contributed by atoms with Crippen molar-refractivity contribution in [3.63, 3.8) is 0 Å². The molecule has 0 aliphatic heterocycles. The third-order valence-corrected chi connectivity index (χ3v) is 8.62. The number of nitrogens with zero attached hydrogens (tertiary/aromatic N) is 2. The molecule has 0 saturated heterocycles. The van der Waals surface area contributed by atoms with Crippen molar-refractivity contribution >= 4 is 38.6 Å². The zero-order valence-electron chi connectivity index (χ0n) is 24.8. The van der Waals surface area contributed by atoms with E-state index in [-0.39, 0.29) is 0 Å². The van der Waals surface area contributed by atoms with E-state index in [0.29, 0.717) is 6.54 Å². The molecule has 4 heteroatoms. The molecule has 4 N–H and O–H groups in total. The minimum atomic E-state index is 0.506. The van der Waals surface area contributed by atoms with Crippen LogP contribution in [0.5, 0.6) is 0 Å². The number of pyridine rings is 1. The summed E-state index contributed by atoms with van der Waals surface area (Å²) in [5, 5.41) is 2.38. The lowest BCUT2D eigenvalue weighted by atomic mass is 9.80. The predicted octanol–water partition coefficient (Wildman–Crippen LogP) is 9.35. The summed E-state index contributed by atoms with van der Waals surface area (Å²) in [5.74, 6) is 0.882. The van der Waals surface area contributed by atoms with Gasteiger partial charge in [-0.25, -0.2) is 4.98 Å². The van der Waals surface area contributed by atoms with Crippen molar-refractivity contribution in [2.75, 3.05) is 12.3 Å². The van der Waals surface area contributed by atoms with Crippen LogP contribution in [0.2, 0.25) is 0 Å². The van der Waals surface area contributed by atoms with Gasteiger partial charge in [-0.15, -0.1) is 0 Å². The van der Waals surface area contributed by atoms with E-state index in [9.17, 15) is 0 Å². The smallest absolute Gasteiger partial charge is 0.138 e. The van der Waals surface area contributed by atoms with Crippen LogP contribution in [0.25, 0.3) is 50.0 Å². The van der Waals surface area contributed by atoms with Crippen LogP contribution in [0, 0.1) is 0 Å². The highest BCUT2D eigenvalue weighted by atomic mass is 15.1. The average molecular weight is 573 g/mol. The van der Waals surface area contributed by atoms with Crippen LogP contribution < -0.4 is 11.5 Å². The van der Waals surface area contributed by atoms with Crippen molar-refractivity contribution in [1.29, 1.82) is 0 Å². The summed E-state index contributed by atoms with van der Waals surface area (Å²) in [5.41, 5.74) is 24.1. The Balaban J connectivity index is 1.55. The highest BCUT2D eigenvalue weighted by Crippen LogP contribution is 2.46. The quantitative estimate of drug-likeness (QED) is 0.148. The first kappa shape index (κ1) is 27.6. The van der Waals surface area contributed by atoms with Crippen LogP contribution in [0.15, 0.2) is 139 Å². The van der Waals surface area contributed by atoms with E-state index < -0.39 is 0 Å². The normalized spacial score (nSPS) is 14.2. The summed E-state index contributed by atoms with van der Waals surface area (Å²) in [4.78, 5) is 5.23. The van der Waals surface area contributed by atoms with Crippen LogP contribution in [-0.4, -0.2) is 16.1 Å². The van der Waals surface area contributed by atoms with Gasteiger partial charge in [0.05, 0.1) is 16.7 Å². The second kappa shape index (κ2) is 12.2. The number of hydrogen-bond acceptors (Lipinski definition) is 3. The molecule has 0 radical (unpaired) electrons. The van der Waals surface area contributed by atoms with Crippen LogP contribution in [-0.2, 0) is 0 Å². The lowest BCUT2D eigenvalue weighted by Crippen LogP contribution is -2.07. The standard InChI is InChI=1S/C40H36N4/c41-27-12-11-18-30(28-14-3-1-4-15-28)31-19-7-8-21-33(31)39-35(42)26-25-34-32-20-9-10-23-37(32)44(40(34)39)38-24-13-22-36(43-38)29-16-5-2-6-17-29/h1-6,9-18,20,22-26H,7-8,19,21,27,41-42H2/b12-11-,30-18?. The number of benzene rings is 4. The largest absolute Gasteiger partial charge is 0.398 e. The third kappa shape index (κ3) is 5.04. The maximum Gasteiger partial charge on any atom is 0.138 e. The van der Waals surface area contributed by atoms with Gasteiger partial charge in [-0.1, -0.05) is 109 Å². The highest BCUT2D eigenvalue weighted by molar-refractivity contribution is 6.14. The summed E-state index contributed by atoms with van der Waals surface area (Å²) in [7, 11) is 0. The van der Waals surface area contributed by atoms with Crippen LogP contribution in [0.3, 0.4) is 0 Å². The zero-order valence-corrected chi connectivity index (χ0v) is 24.8. The summed E-state index contributed by atoms with van der Waals surface area (Å²) in [6, 6.07) is 40.2. The van der Waals surface area contributed by atoms with Crippen molar-refractivity contribution < 1.29 is 0 Å². The number of para-hydroxylation sites is 1. The van der Waals surface area contributed by atoms with Crippen molar-refractivity contribution in [2.24, 2.45) is 5.73 Å². The molecule has 2 heterocycles. The van der Waals surface area contributed by atoms with Crippen LogP contribution in [0.4, 0.5) is 5.69 Å². The van der Waals surface area contributed by atoms with E-state index in [4.69, 9.17) is 16.5 Å². The summed E-state index contributed by atoms with van der Waals surface area (Å²) in [6.07, 6.45) is 10.5. The Kier molecular flexibility index (Phi) is 7.66. The first-order valence-corrected chi connectivity index (χ1v) is 15.4. The zero-order chi connectivity index (χ0) is 29.9. The number of nitrogen functional groups attached to an aromatic ring is 1. The highest BCUT2D eigenvalue weighted by Gasteiger charge is 2.25. The molecule has 0 saturated carbocycles. The van der Waals surface area contributed by atoms with Crippen LogP contribution in [0.1, 0.15) is 36.8 Å². The number of allylic oxidation sites excluding steroid dienone is 5. The lowest BCUT2D eigenvalue weighted by Gasteiger charge is -2.25.